The molecule has 0 fully saturated rings. The summed E-state index contributed by atoms with van der Waals surface area (Å²) < 4.78 is 17.3. The zero-order chi connectivity index (χ0) is 20.8. The number of para-hydroxylation sites is 2. The van der Waals surface area contributed by atoms with Crippen LogP contribution >= 0.6 is 0 Å². The third kappa shape index (κ3) is 5.07. The van der Waals surface area contributed by atoms with Crippen LogP contribution in [0.1, 0.15) is 0 Å². The van der Waals surface area contributed by atoms with Crippen LogP contribution in [0.25, 0.3) is 11.1 Å². The van der Waals surface area contributed by atoms with Crippen LogP contribution in [0.2, 0.25) is 0 Å². The van der Waals surface area contributed by atoms with Gasteiger partial charge < -0.3 is 14.8 Å². The summed E-state index contributed by atoms with van der Waals surface area (Å²) in [5.41, 5.74) is 5.80. The predicted octanol–water partition coefficient (Wildman–Crippen LogP) is 6.51. The van der Waals surface area contributed by atoms with Crippen LogP contribution in [-0.4, -0.2) is 10.5 Å². The molecule has 0 heterocycles. The van der Waals surface area contributed by atoms with Crippen LogP contribution in [0.4, 0.5) is 22.7 Å². The highest BCUT2D eigenvalue weighted by atomic mass is 32.2. The zero-order valence-electron chi connectivity index (χ0n) is 16.5. The molecule has 0 bridgehead atoms. The van der Waals surface area contributed by atoms with Gasteiger partial charge in [-0.3, -0.25) is 0 Å². The van der Waals surface area contributed by atoms with Crippen molar-refractivity contribution in [3.63, 3.8) is 0 Å². The average molecular weight is 415 g/mol. The van der Waals surface area contributed by atoms with Crippen molar-refractivity contribution in [2.45, 2.75) is 0 Å². The second-order valence-corrected chi connectivity index (χ2v) is 7.72. The first-order valence-electron chi connectivity index (χ1n) is 9.58. The van der Waals surface area contributed by atoms with Crippen molar-refractivity contribution in [3.8, 4) is 16.9 Å². The molecule has 0 aromatic heterocycles. The summed E-state index contributed by atoms with van der Waals surface area (Å²) in [6, 6.07) is 33.9. The minimum Gasteiger partial charge on any atom is -0.398 e. The molecule has 1 atom stereocenters. The molecular weight excluding hydrogens is 392 g/mol. The summed E-state index contributed by atoms with van der Waals surface area (Å²) in [6.07, 6.45) is 1.52. The Morgan fingerprint density at radius 1 is 0.633 bits per heavy atom. The molecule has 1 unspecified atom stereocenters. The molecule has 4 aromatic carbocycles. The van der Waals surface area contributed by atoms with Crippen LogP contribution in [0.5, 0.6) is 5.75 Å². The number of rotatable bonds is 7. The van der Waals surface area contributed by atoms with E-state index in [0.29, 0.717) is 5.75 Å². The fourth-order valence-electron chi connectivity index (χ4n) is 3.11. The van der Waals surface area contributed by atoms with Gasteiger partial charge in [0, 0.05) is 23.3 Å². The third-order valence-corrected chi connectivity index (χ3v) is 4.94. The predicted molar refractivity (Wildman–Crippen MR) is 126 cm³/mol. The Labute approximate surface area is 179 Å². The fraction of sp³-hybridized carbons (Fsp3) is 0.0400. The van der Waals surface area contributed by atoms with Crippen molar-refractivity contribution < 1.29 is 8.39 Å². The van der Waals surface area contributed by atoms with Gasteiger partial charge in [0.05, 0.1) is 5.69 Å². The Balaban J connectivity index is 1.58. The van der Waals surface area contributed by atoms with Crippen LogP contribution in [0.3, 0.4) is 0 Å². The molecular formula is C25H22N2O2S. The Bertz CT molecular complexity index is 1130. The van der Waals surface area contributed by atoms with Gasteiger partial charge in [0.1, 0.15) is 0 Å². The van der Waals surface area contributed by atoms with Crippen molar-refractivity contribution in [1.82, 2.24) is 0 Å². The molecule has 0 amide bonds. The molecule has 0 saturated carbocycles. The van der Waals surface area contributed by atoms with Gasteiger partial charge in [0.2, 0.25) is 11.1 Å². The first-order valence-corrected chi connectivity index (χ1v) is 11.1. The quantitative estimate of drug-likeness (QED) is 0.362. The molecule has 0 aliphatic heterocycles. The molecule has 4 nitrogen and oxygen atoms in total. The number of nitrogens with one attached hydrogen (secondary N) is 2. The summed E-state index contributed by atoms with van der Waals surface area (Å²) in [4.78, 5) is 0. The highest BCUT2D eigenvalue weighted by Crippen LogP contribution is 2.34. The van der Waals surface area contributed by atoms with Crippen molar-refractivity contribution in [1.29, 1.82) is 0 Å². The molecule has 5 heteroatoms. The monoisotopic (exact) mass is 414 g/mol. The van der Waals surface area contributed by atoms with E-state index in [0.717, 1.165) is 33.9 Å². The number of hydrogen-bond acceptors (Lipinski definition) is 4. The second kappa shape index (κ2) is 9.29. The summed E-state index contributed by atoms with van der Waals surface area (Å²) in [7, 11) is 0. The summed E-state index contributed by atoms with van der Waals surface area (Å²) in [6.45, 7) is 0. The normalized spacial score (nSPS) is 11.5. The van der Waals surface area contributed by atoms with Gasteiger partial charge in [-0.2, -0.15) is 0 Å². The Morgan fingerprint density at radius 2 is 1.17 bits per heavy atom. The van der Waals surface area contributed by atoms with E-state index in [9.17, 15) is 4.21 Å². The molecule has 0 aliphatic carbocycles. The number of hydrogen-bond donors (Lipinski definition) is 2. The lowest BCUT2D eigenvalue weighted by atomic mass is 10.0. The van der Waals surface area contributed by atoms with Gasteiger partial charge in [-0.25, -0.2) is 4.21 Å². The minimum atomic E-state index is -1.43. The molecule has 0 saturated heterocycles. The maximum atomic E-state index is 11.7. The number of anilines is 4. The van der Waals surface area contributed by atoms with E-state index < -0.39 is 11.1 Å². The zero-order valence-corrected chi connectivity index (χ0v) is 17.4. The van der Waals surface area contributed by atoms with Crippen molar-refractivity contribution in [2.75, 3.05) is 16.9 Å². The van der Waals surface area contributed by atoms with Crippen LogP contribution in [0.15, 0.2) is 103 Å². The Morgan fingerprint density at radius 3 is 1.77 bits per heavy atom. The van der Waals surface area contributed by atoms with Crippen molar-refractivity contribution in [2.24, 2.45) is 0 Å². The molecule has 0 radical (unpaired) electrons. The van der Waals surface area contributed by atoms with Crippen molar-refractivity contribution in [3.05, 3.63) is 103 Å². The van der Waals surface area contributed by atoms with Gasteiger partial charge in [-0.15, -0.1) is 0 Å². The Kier molecular flexibility index (Phi) is 6.11. The summed E-state index contributed by atoms with van der Waals surface area (Å²) in [5, 5.41) is 6.71. The second-order valence-electron chi connectivity index (χ2n) is 6.76. The van der Waals surface area contributed by atoms with E-state index in [2.05, 4.69) is 22.8 Å². The third-order valence-electron chi connectivity index (χ3n) is 4.52. The maximum absolute atomic E-state index is 11.7. The largest absolute Gasteiger partial charge is 0.398 e. The Hall–Kier alpha value is -3.57. The molecule has 150 valence electrons. The molecule has 2 N–H and O–H groups in total. The molecule has 30 heavy (non-hydrogen) atoms. The smallest absolute Gasteiger partial charge is 0.203 e. The van der Waals surface area contributed by atoms with Gasteiger partial charge in [-0.1, -0.05) is 54.6 Å². The molecule has 0 spiro atoms. The van der Waals surface area contributed by atoms with Crippen LogP contribution in [-0.2, 0) is 11.1 Å². The lowest BCUT2D eigenvalue weighted by Gasteiger charge is -2.14. The van der Waals surface area contributed by atoms with Gasteiger partial charge in [-0.05, 0) is 59.7 Å². The van der Waals surface area contributed by atoms with Gasteiger partial charge in [0.15, 0.2) is 5.75 Å². The molecule has 0 aliphatic rings. The minimum absolute atomic E-state index is 0.545. The maximum Gasteiger partial charge on any atom is 0.203 e. The lowest BCUT2D eigenvalue weighted by molar-refractivity contribution is 0.569. The highest BCUT2D eigenvalue weighted by Gasteiger charge is 2.10. The average Bonchev–Trinajstić information content (AvgIpc) is 2.77. The van der Waals surface area contributed by atoms with E-state index in [-0.39, 0.29) is 0 Å². The van der Waals surface area contributed by atoms with E-state index in [4.69, 9.17) is 4.18 Å². The highest BCUT2D eigenvalue weighted by molar-refractivity contribution is 7.79. The van der Waals surface area contributed by atoms with Crippen molar-refractivity contribution >= 4 is 33.8 Å². The van der Waals surface area contributed by atoms with E-state index >= 15 is 0 Å². The molecule has 4 aromatic rings. The molecule has 4 rings (SSSR count). The first-order chi connectivity index (χ1) is 14.7. The van der Waals surface area contributed by atoms with E-state index in [1.54, 1.807) is 0 Å². The van der Waals surface area contributed by atoms with Crippen LogP contribution < -0.4 is 14.8 Å². The van der Waals surface area contributed by atoms with E-state index in [1.807, 2.05) is 91.0 Å². The fourth-order valence-corrected chi connectivity index (χ4v) is 3.50. The SMILES string of the molecule is CS(=O)Oc1cc(-c2ccc(Nc3ccccc3)cc2)ccc1Nc1ccccc1. The standard InChI is InChI=1S/C25H22N2O2S/c1-30(28)29-25-18-20(14-17-24(25)27-22-10-6-3-7-11-22)19-12-15-23(16-13-19)26-21-8-4-2-5-9-21/h2-18,26-27H,1H3. The van der Waals surface area contributed by atoms with Gasteiger partial charge in [0.25, 0.3) is 0 Å². The topological polar surface area (TPSA) is 50.4 Å². The lowest BCUT2D eigenvalue weighted by Crippen LogP contribution is -2.01. The summed E-state index contributed by atoms with van der Waals surface area (Å²) >= 11 is -1.43. The van der Waals surface area contributed by atoms with Gasteiger partial charge >= 0.3 is 0 Å². The summed E-state index contributed by atoms with van der Waals surface area (Å²) in [5.74, 6) is 0.545. The van der Waals surface area contributed by atoms with Crippen LogP contribution in [0, 0.1) is 0 Å². The van der Waals surface area contributed by atoms with E-state index in [1.165, 1.54) is 6.26 Å². The first kappa shape index (κ1) is 19.7. The number of benzene rings is 4.